The van der Waals surface area contributed by atoms with Crippen molar-refractivity contribution in [2.75, 3.05) is 0 Å². The van der Waals surface area contributed by atoms with Crippen molar-refractivity contribution >= 4 is 17.2 Å². The van der Waals surface area contributed by atoms with Crippen LogP contribution in [0.15, 0.2) is 42.5 Å². The Morgan fingerprint density at radius 2 is 1.89 bits per heavy atom. The van der Waals surface area contributed by atoms with Gasteiger partial charge in [0.05, 0.1) is 5.56 Å². The van der Waals surface area contributed by atoms with Crippen LogP contribution in [0.2, 0.25) is 0 Å². The fourth-order valence-corrected chi connectivity index (χ4v) is 1.74. The van der Waals surface area contributed by atoms with E-state index in [4.69, 9.17) is 22.7 Å². The quantitative estimate of drug-likeness (QED) is 0.858. The summed E-state index contributed by atoms with van der Waals surface area (Å²) in [6.07, 6.45) is 0. The van der Waals surface area contributed by atoms with Gasteiger partial charge < -0.3 is 10.5 Å². The molecule has 0 unspecified atom stereocenters. The average Bonchev–Trinajstić information content (AvgIpc) is 2.34. The minimum atomic E-state index is -0.418. The molecule has 0 heterocycles. The van der Waals surface area contributed by atoms with Crippen molar-refractivity contribution in [2.45, 2.75) is 6.92 Å². The zero-order valence-corrected chi connectivity index (χ0v) is 10.6. The second-order valence-corrected chi connectivity index (χ2v) is 4.34. The van der Waals surface area contributed by atoms with Crippen molar-refractivity contribution < 1.29 is 9.13 Å². The Morgan fingerprint density at radius 1 is 1.17 bits per heavy atom. The van der Waals surface area contributed by atoms with Crippen LogP contribution in [0.4, 0.5) is 4.39 Å². The summed E-state index contributed by atoms with van der Waals surface area (Å²) in [4.78, 5) is 0.221. The van der Waals surface area contributed by atoms with Crippen LogP contribution in [-0.4, -0.2) is 4.99 Å². The highest BCUT2D eigenvalue weighted by atomic mass is 32.1. The lowest BCUT2D eigenvalue weighted by Gasteiger charge is -2.11. The van der Waals surface area contributed by atoms with Gasteiger partial charge in [0.2, 0.25) is 0 Å². The van der Waals surface area contributed by atoms with Gasteiger partial charge in [-0.15, -0.1) is 0 Å². The van der Waals surface area contributed by atoms with Crippen molar-refractivity contribution in [1.29, 1.82) is 0 Å². The van der Waals surface area contributed by atoms with Gasteiger partial charge in [-0.3, -0.25) is 0 Å². The molecule has 0 aromatic heterocycles. The maximum atomic E-state index is 13.6. The molecule has 0 spiro atoms. The molecule has 2 aromatic rings. The molecule has 0 radical (unpaired) electrons. The third kappa shape index (κ3) is 2.65. The van der Waals surface area contributed by atoms with Crippen LogP contribution in [0.1, 0.15) is 11.1 Å². The third-order valence-corrected chi connectivity index (χ3v) is 2.68. The molecule has 18 heavy (non-hydrogen) atoms. The van der Waals surface area contributed by atoms with Crippen LogP contribution < -0.4 is 10.5 Å². The Labute approximate surface area is 110 Å². The summed E-state index contributed by atoms with van der Waals surface area (Å²) < 4.78 is 19.1. The van der Waals surface area contributed by atoms with Gasteiger partial charge in [0.25, 0.3) is 0 Å². The summed E-state index contributed by atoms with van der Waals surface area (Å²) in [6, 6.07) is 11.7. The number of hydrogen-bond donors (Lipinski definition) is 1. The fourth-order valence-electron chi connectivity index (χ4n) is 1.57. The van der Waals surface area contributed by atoms with Gasteiger partial charge in [0.1, 0.15) is 10.7 Å². The summed E-state index contributed by atoms with van der Waals surface area (Å²) in [5, 5.41) is 0. The maximum absolute atomic E-state index is 13.6. The zero-order chi connectivity index (χ0) is 13.1. The normalized spacial score (nSPS) is 10.1. The highest BCUT2D eigenvalue weighted by Crippen LogP contribution is 2.28. The summed E-state index contributed by atoms with van der Waals surface area (Å²) >= 11 is 4.93. The number of hydrogen-bond acceptors (Lipinski definition) is 2. The number of halogens is 1. The summed E-state index contributed by atoms with van der Waals surface area (Å²) in [5.74, 6) is 0.201. The Hall–Kier alpha value is -1.94. The molecule has 0 saturated carbocycles. The molecule has 0 fully saturated rings. The van der Waals surface area contributed by atoms with E-state index < -0.39 is 5.82 Å². The van der Waals surface area contributed by atoms with Crippen LogP contribution in [0.3, 0.4) is 0 Å². The summed E-state index contributed by atoms with van der Waals surface area (Å²) in [7, 11) is 0. The van der Waals surface area contributed by atoms with Crippen LogP contribution in [0, 0.1) is 12.7 Å². The fraction of sp³-hybridized carbons (Fsp3) is 0.0714. The number of ether oxygens (including phenoxy) is 1. The van der Waals surface area contributed by atoms with Gasteiger partial charge in [0, 0.05) is 0 Å². The molecule has 0 aliphatic carbocycles. The van der Waals surface area contributed by atoms with Crippen molar-refractivity contribution in [2.24, 2.45) is 5.73 Å². The topological polar surface area (TPSA) is 35.2 Å². The first-order valence-corrected chi connectivity index (χ1v) is 5.81. The van der Waals surface area contributed by atoms with Crippen molar-refractivity contribution in [3.05, 3.63) is 59.4 Å². The Balaban J connectivity index is 2.40. The molecule has 0 aliphatic heterocycles. The van der Waals surface area contributed by atoms with E-state index in [0.717, 1.165) is 5.56 Å². The molecule has 0 bridgehead atoms. The number of aryl methyl sites for hydroxylation is 1. The highest BCUT2D eigenvalue weighted by Gasteiger charge is 2.09. The van der Waals surface area contributed by atoms with Gasteiger partial charge in [-0.05, 0) is 36.8 Å². The SMILES string of the molecule is Cc1ccc(F)c(Oc2ccccc2C(N)=S)c1. The molecule has 0 atom stereocenters. The predicted octanol–water partition coefficient (Wildman–Crippen LogP) is 3.56. The summed E-state index contributed by atoms with van der Waals surface area (Å²) in [5.41, 5.74) is 7.10. The number of nitrogens with two attached hydrogens (primary N) is 1. The molecule has 0 saturated heterocycles. The van der Waals surface area contributed by atoms with Crippen LogP contribution in [0.25, 0.3) is 0 Å². The largest absolute Gasteiger partial charge is 0.454 e. The van der Waals surface area contributed by atoms with Crippen molar-refractivity contribution in [3.8, 4) is 11.5 Å². The van der Waals surface area contributed by atoms with Crippen LogP contribution in [-0.2, 0) is 0 Å². The Kier molecular flexibility index (Phi) is 3.58. The molecule has 2 N–H and O–H groups in total. The third-order valence-electron chi connectivity index (χ3n) is 2.46. The second-order valence-electron chi connectivity index (χ2n) is 3.90. The first-order valence-electron chi connectivity index (χ1n) is 5.41. The van der Waals surface area contributed by atoms with E-state index in [2.05, 4.69) is 0 Å². The van der Waals surface area contributed by atoms with Crippen LogP contribution >= 0.6 is 12.2 Å². The minimum Gasteiger partial charge on any atom is -0.454 e. The van der Waals surface area contributed by atoms with E-state index in [1.807, 2.05) is 6.92 Å². The zero-order valence-electron chi connectivity index (χ0n) is 9.81. The minimum absolute atomic E-state index is 0.165. The van der Waals surface area contributed by atoms with Crippen LogP contribution in [0.5, 0.6) is 11.5 Å². The Bertz CT molecular complexity index is 598. The number of para-hydroxylation sites is 1. The van der Waals surface area contributed by atoms with E-state index >= 15 is 0 Å². The molecule has 0 aliphatic rings. The van der Waals surface area contributed by atoms with E-state index in [9.17, 15) is 4.39 Å². The Morgan fingerprint density at radius 3 is 2.61 bits per heavy atom. The molecule has 2 aromatic carbocycles. The monoisotopic (exact) mass is 261 g/mol. The number of rotatable bonds is 3. The van der Waals surface area contributed by atoms with Gasteiger partial charge in [-0.25, -0.2) is 4.39 Å². The van der Waals surface area contributed by atoms with Crippen molar-refractivity contribution in [3.63, 3.8) is 0 Å². The predicted molar refractivity (Wildman–Crippen MR) is 73.5 cm³/mol. The van der Waals surface area contributed by atoms with Gasteiger partial charge >= 0.3 is 0 Å². The highest BCUT2D eigenvalue weighted by molar-refractivity contribution is 7.80. The first kappa shape index (κ1) is 12.5. The van der Waals surface area contributed by atoms with E-state index in [1.165, 1.54) is 6.07 Å². The molecular weight excluding hydrogens is 249 g/mol. The number of benzene rings is 2. The van der Waals surface area contributed by atoms with Gasteiger partial charge in [-0.2, -0.15) is 0 Å². The smallest absolute Gasteiger partial charge is 0.165 e. The van der Waals surface area contributed by atoms with E-state index in [0.29, 0.717) is 11.3 Å². The molecule has 4 heteroatoms. The maximum Gasteiger partial charge on any atom is 0.165 e. The lowest BCUT2D eigenvalue weighted by atomic mass is 10.2. The lowest BCUT2D eigenvalue weighted by molar-refractivity contribution is 0.441. The molecule has 2 rings (SSSR count). The van der Waals surface area contributed by atoms with E-state index in [1.54, 1.807) is 36.4 Å². The van der Waals surface area contributed by atoms with Gasteiger partial charge in [-0.1, -0.05) is 30.4 Å². The molecule has 2 nitrogen and oxygen atoms in total. The lowest BCUT2D eigenvalue weighted by Crippen LogP contribution is -2.10. The molecule has 0 amide bonds. The van der Waals surface area contributed by atoms with Gasteiger partial charge in [0.15, 0.2) is 11.6 Å². The average molecular weight is 261 g/mol. The second kappa shape index (κ2) is 5.14. The first-order chi connectivity index (χ1) is 8.58. The standard InChI is InChI=1S/C14H12FNOS/c1-9-6-7-11(15)13(8-9)17-12-5-3-2-4-10(12)14(16)18/h2-8H,1H3,(H2,16,18). The number of thiocarbonyl (C=S) groups is 1. The molecular formula is C14H12FNOS. The van der Waals surface area contributed by atoms with E-state index in [-0.39, 0.29) is 10.7 Å². The van der Waals surface area contributed by atoms with Crippen molar-refractivity contribution in [1.82, 2.24) is 0 Å². The summed E-state index contributed by atoms with van der Waals surface area (Å²) in [6.45, 7) is 1.87. The molecule has 92 valence electrons.